The van der Waals surface area contributed by atoms with Gasteiger partial charge in [-0.1, -0.05) is 19.8 Å². The molecule has 0 aliphatic carbocycles. The molecule has 0 aromatic rings. The lowest BCUT2D eigenvalue weighted by atomic mass is 10.1. The van der Waals surface area contributed by atoms with Crippen molar-refractivity contribution in [3.05, 3.63) is 0 Å². The Morgan fingerprint density at radius 1 is 1.80 bits per heavy atom. The first-order valence-electron chi connectivity index (χ1n) is 3.41. The van der Waals surface area contributed by atoms with Crippen molar-refractivity contribution in [2.75, 3.05) is 0 Å². The summed E-state index contributed by atoms with van der Waals surface area (Å²) in [7, 11) is 0. The fraction of sp³-hybridized carbons (Fsp3) is 0.714. The summed E-state index contributed by atoms with van der Waals surface area (Å²) in [5, 5.41) is 8.47. The van der Waals surface area contributed by atoms with E-state index >= 15 is 0 Å². The third-order valence-electron chi connectivity index (χ3n) is 1.34. The molecule has 0 spiro atoms. The van der Waals surface area contributed by atoms with Crippen molar-refractivity contribution < 1.29 is 9.90 Å². The van der Waals surface area contributed by atoms with E-state index in [9.17, 15) is 4.79 Å². The van der Waals surface area contributed by atoms with E-state index in [1.807, 2.05) is 6.92 Å². The summed E-state index contributed by atoms with van der Waals surface area (Å²) in [5.41, 5.74) is 0. The molecule has 0 aromatic heterocycles. The van der Waals surface area contributed by atoms with Gasteiger partial charge >= 0.3 is 5.97 Å². The van der Waals surface area contributed by atoms with E-state index in [0.29, 0.717) is 6.42 Å². The van der Waals surface area contributed by atoms with Crippen LogP contribution in [0.2, 0.25) is 0 Å². The second-order valence-electron chi connectivity index (χ2n) is 2.18. The van der Waals surface area contributed by atoms with Crippen molar-refractivity contribution in [1.29, 1.82) is 0 Å². The van der Waals surface area contributed by atoms with Crippen molar-refractivity contribution >= 4 is 12.7 Å². The summed E-state index contributed by atoms with van der Waals surface area (Å²) >= 11 is 0. The number of hydrogen-bond donors (Lipinski definition) is 1. The van der Waals surface area contributed by atoms with Gasteiger partial charge in [-0.05, 0) is 13.1 Å². The van der Waals surface area contributed by atoms with Gasteiger partial charge in [-0.15, -0.1) is 0 Å². The van der Waals surface area contributed by atoms with Gasteiger partial charge in [0.1, 0.15) is 6.04 Å². The molecule has 0 rings (SSSR count). The van der Waals surface area contributed by atoms with Crippen LogP contribution in [0.25, 0.3) is 0 Å². The van der Waals surface area contributed by atoms with Gasteiger partial charge in [-0.3, -0.25) is 4.99 Å². The molecule has 0 unspecified atom stereocenters. The molecule has 0 amide bonds. The second kappa shape index (κ2) is 4.97. The topological polar surface area (TPSA) is 49.7 Å². The molecule has 0 fully saturated rings. The van der Waals surface area contributed by atoms with E-state index in [0.717, 1.165) is 12.8 Å². The molecule has 3 heteroatoms. The van der Waals surface area contributed by atoms with E-state index in [1.165, 1.54) is 0 Å². The Bertz CT molecular complexity index is 123. The first-order chi connectivity index (χ1) is 4.72. The summed E-state index contributed by atoms with van der Waals surface area (Å²) in [4.78, 5) is 13.8. The Hall–Kier alpha value is -0.860. The van der Waals surface area contributed by atoms with Gasteiger partial charge in [0.15, 0.2) is 0 Å². The standard InChI is InChI=1S/C7H13NO2/c1-3-4-5-6(8-2)7(9)10/h6H,2-5H2,1H3,(H,9,10)/t6-/m0/s1. The lowest BCUT2D eigenvalue weighted by molar-refractivity contribution is -0.138. The Balaban J connectivity index is 3.60. The predicted octanol–water partition coefficient (Wildman–Crippen LogP) is 1.33. The van der Waals surface area contributed by atoms with Crippen LogP contribution < -0.4 is 0 Å². The summed E-state index contributed by atoms with van der Waals surface area (Å²) in [6.07, 6.45) is 2.50. The normalized spacial score (nSPS) is 12.5. The van der Waals surface area contributed by atoms with Crippen molar-refractivity contribution in [2.45, 2.75) is 32.2 Å². The molecular weight excluding hydrogens is 130 g/mol. The molecule has 0 aliphatic heterocycles. The van der Waals surface area contributed by atoms with Crippen LogP contribution in [0.4, 0.5) is 0 Å². The highest BCUT2D eigenvalue weighted by Crippen LogP contribution is 2.03. The molecule has 0 saturated carbocycles. The van der Waals surface area contributed by atoms with Crippen molar-refractivity contribution in [2.24, 2.45) is 4.99 Å². The average Bonchev–Trinajstić information content (AvgIpc) is 1.89. The van der Waals surface area contributed by atoms with E-state index < -0.39 is 12.0 Å². The van der Waals surface area contributed by atoms with Crippen LogP contribution >= 0.6 is 0 Å². The molecular formula is C7H13NO2. The molecule has 1 atom stereocenters. The Kier molecular flexibility index (Phi) is 4.54. The van der Waals surface area contributed by atoms with Gasteiger partial charge in [0.05, 0.1) is 0 Å². The molecule has 3 nitrogen and oxygen atoms in total. The van der Waals surface area contributed by atoms with Crippen molar-refractivity contribution in [1.82, 2.24) is 0 Å². The highest BCUT2D eigenvalue weighted by molar-refractivity contribution is 5.74. The number of unbranched alkanes of at least 4 members (excludes halogenated alkanes) is 1. The van der Waals surface area contributed by atoms with Gasteiger partial charge in [0, 0.05) is 0 Å². The van der Waals surface area contributed by atoms with Crippen LogP contribution in [-0.4, -0.2) is 23.8 Å². The smallest absolute Gasteiger partial charge is 0.328 e. The molecule has 0 radical (unpaired) electrons. The van der Waals surface area contributed by atoms with Crippen LogP contribution in [0.5, 0.6) is 0 Å². The molecule has 1 N–H and O–H groups in total. The molecule has 0 saturated heterocycles. The van der Waals surface area contributed by atoms with Crippen LogP contribution in [0.1, 0.15) is 26.2 Å². The molecule has 0 aromatic carbocycles. The maximum Gasteiger partial charge on any atom is 0.328 e. The van der Waals surface area contributed by atoms with E-state index in [2.05, 4.69) is 11.7 Å². The number of carboxylic acid groups (broad SMARTS) is 1. The zero-order valence-electron chi connectivity index (χ0n) is 6.21. The fourth-order valence-electron chi connectivity index (χ4n) is 0.690. The highest BCUT2D eigenvalue weighted by Gasteiger charge is 2.12. The zero-order valence-corrected chi connectivity index (χ0v) is 6.21. The lowest BCUT2D eigenvalue weighted by Gasteiger charge is -2.03. The third-order valence-corrected chi connectivity index (χ3v) is 1.34. The molecule has 0 bridgehead atoms. The van der Waals surface area contributed by atoms with Crippen LogP contribution in [0.3, 0.4) is 0 Å². The number of carboxylic acids is 1. The van der Waals surface area contributed by atoms with Gasteiger partial charge in [0.2, 0.25) is 0 Å². The number of nitrogens with zero attached hydrogens (tertiary/aromatic N) is 1. The van der Waals surface area contributed by atoms with Gasteiger partial charge < -0.3 is 5.11 Å². The summed E-state index contributed by atoms with van der Waals surface area (Å²) in [5.74, 6) is -0.872. The van der Waals surface area contributed by atoms with E-state index in [-0.39, 0.29) is 0 Å². The van der Waals surface area contributed by atoms with Crippen LogP contribution in [0.15, 0.2) is 4.99 Å². The Morgan fingerprint density at radius 3 is 2.70 bits per heavy atom. The largest absolute Gasteiger partial charge is 0.480 e. The van der Waals surface area contributed by atoms with Crippen LogP contribution in [-0.2, 0) is 4.79 Å². The molecule has 0 aliphatic rings. The number of carbonyl (C=O) groups is 1. The Morgan fingerprint density at radius 2 is 2.40 bits per heavy atom. The number of hydrogen-bond acceptors (Lipinski definition) is 2. The van der Waals surface area contributed by atoms with Crippen molar-refractivity contribution in [3.63, 3.8) is 0 Å². The SMILES string of the molecule is C=N[C@@H](CCCC)C(=O)O. The van der Waals surface area contributed by atoms with Gasteiger partial charge in [-0.2, -0.15) is 0 Å². The predicted molar refractivity (Wildman–Crippen MR) is 40.5 cm³/mol. The number of aliphatic imine (C=N–C) groups is 1. The van der Waals surface area contributed by atoms with Crippen LogP contribution in [0, 0.1) is 0 Å². The summed E-state index contributed by atoms with van der Waals surface area (Å²) in [6.45, 7) is 5.22. The van der Waals surface area contributed by atoms with E-state index in [4.69, 9.17) is 5.11 Å². The lowest BCUT2D eigenvalue weighted by Crippen LogP contribution is -2.16. The summed E-state index contributed by atoms with van der Waals surface area (Å²) < 4.78 is 0. The van der Waals surface area contributed by atoms with E-state index in [1.54, 1.807) is 0 Å². The number of rotatable bonds is 5. The minimum atomic E-state index is -0.872. The monoisotopic (exact) mass is 143 g/mol. The minimum Gasteiger partial charge on any atom is -0.480 e. The molecule has 58 valence electrons. The quantitative estimate of drug-likeness (QED) is 0.590. The second-order valence-corrected chi connectivity index (χ2v) is 2.18. The van der Waals surface area contributed by atoms with Gasteiger partial charge in [-0.25, -0.2) is 4.79 Å². The third kappa shape index (κ3) is 3.22. The summed E-state index contributed by atoms with van der Waals surface area (Å²) in [6, 6.07) is -0.597. The highest BCUT2D eigenvalue weighted by atomic mass is 16.4. The first kappa shape index (κ1) is 9.14. The molecule has 10 heavy (non-hydrogen) atoms. The van der Waals surface area contributed by atoms with Crippen molar-refractivity contribution in [3.8, 4) is 0 Å². The molecule has 0 heterocycles. The minimum absolute atomic E-state index is 0.597. The maximum absolute atomic E-state index is 10.3. The first-order valence-corrected chi connectivity index (χ1v) is 3.41. The number of aliphatic carboxylic acids is 1. The van der Waals surface area contributed by atoms with Gasteiger partial charge in [0.25, 0.3) is 0 Å². The Labute approximate surface area is 60.8 Å². The maximum atomic E-state index is 10.3. The zero-order chi connectivity index (χ0) is 7.98. The average molecular weight is 143 g/mol. The fourth-order valence-corrected chi connectivity index (χ4v) is 0.690.